The van der Waals surface area contributed by atoms with E-state index in [1.54, 1.807) is 13.0 Å². The Labute approximate surface area is 79.0 Å². The Hall–Kier alpha value is -1.34. The van der Waals surface area contributed by atoms with E-state index in [1.807, 2.05) is 36.4 Å². The van der Waals surface area contributed by atoms with Crippen LogP contribution in [0.1, 0.15) is 12.5 Å². The minimum absolute atomic E-state index is 0.921. The van der Waals surface area contributed by atoms with Gasteiger partial charge < -0.3 is 5.11 Å². The van der Waals surface area contributed by atoms with Crippen molar-refractivity contribution in [3.63, 3.8) is 0 Å². The summed E-state index contributed by atoms with van der Waals surface area (Å²) in [5, 5.41) is 9.58. The Morgan fingerprint density at radius 1 is 1.31 bits per heavy atom. The molecule has 1 aromatic carbocycles. The lowest BCUT2D eigenvalue weighted by Gasteiger charge is -2.11. The Balaban J connectivity index is 2.75. The molecule has 0 aliphatic heterocycles. The van der Waals surface area contributed by atoms with Crippen LogP contribution >= 0.6 is 0 Å². The smallest absolute Gasteiger partial charge is 0.0981 e. The maximum absolute atomic E-state index is 9.58. The third kappa shape index (κ3) is 3.26. The van der Waals surface area contributed by atoms with Crippen LogP contribution in [0.15, 0.2) is 49.1 Å². The van der Waals surface area contributed by atoms with Crippen molar-refractivity contribution in [1.82, 2.24) is 0 Å². The summed E-state index contributed by atoms with van der Waals surface area (Å²) in [6.45, 7) is 5.24. The highest BCUT2D eigenvalue weighted by Crippen LogP contribution is 2.09. The van der Waals surface area contributed by atoms with Gasteiger partial charge in [0.15, 0.2) is 0 Å². The molecule has 1 N–H and O–H groups in total. The molecule has 1 nitrogen and oxygen atoms in total. The highest BCUT2D eigenvalue weighted by Gasteiger charge is 2.08. The van der Waals surface area contributed by atoms with Crippen molar-refractivity contribution in [2.24, 2.45) is 0 Å². The van der Waals surface area contributed by atoms with Crippen molar-refractivity contribution in [2.75, 3.05) is 0 Å². The third-order valence-corrected chi connectivity index (χ3v) is 1.83. The molecule has 0 spiro atoms. The second-order valence-corrected chi connectivity index (χ2v) is 3.17. The maximum Gasteiger partial charge on any atom is 0.0981 e. The standard InChI is InChI=1S/C12H14O/c1-3-12(2,13)10-9-11-7-5-4-6-8-11/h3-10,13H,1H2,2H3. The molecule has 1 heteroatoms. The predicted octanol–water partition coefficient (Wildman–Crippen LogP) is 2.64. The highest BCUT2D eigenvalue weighted by atomic mass is 16.3. The minimum Gasteiger partial charge on any atom is -0.382 e. The first-order chi connectivity index (χ1) is 6.14. The molecule has 0 saturated carbocycles. The molecule has 0 amide bonds. The zero-order valence-corrected chi connectivity index (χ0v) is 7.77. The number of hydrogen-bond acceptors (Lipinski definition) is 1. The first-order valence-electron chi connectivity index (χ1n) is 4.24. The molecular formula is C12H14O. The third-order valence-electron chi connectivity index (χ3n) is 1.83. The summed E-state index contributed by atoms with van der Waals surface area (Å²) in [6.07, 6.45) is 5.10. The van der Waals surface area contributed by atoms with Crippen molar-refractivity contribution in [3.8, 4) is 0 Å². The van der Waals surface area contributed by atoms with Gasteiger partial charge in [-0.2, -0.15) is 0 Å². The van der Waals surface area contributed by atoms with Crippen molar-refractivity contribution < 1.29 is 5.11 Å². The maximum atomic E-state index is 9.58. The minimum atomic E-state index is -0.921. The van der Waals surface area contributed by atoms with Gasteiger partial charge in [-0.1, -0.05) is 49.1 Å². The molecule has 1 atom stereocenters. The van der Waals surface area contributed by atoms with Crippen LogP contribution in [0.2, 0.25) is 0 Å². The predicted molar refractivity (Wildman–Crippen MR) is 56.3 cm³/mol. The molecule has 0 aromatic heterocycles. The van der Waals surface area contributed by atoms with Crippen LogP contribution in [0.25, 0.3) is 6.08 Å². The summed E-state index contributed by atoms with van der Waals surface area (Å²) in [4.78, 5) is 0. The summed E-state index contributed by atoms with van der Waals surface area (Å²) in [7, 11) is 0. The number of aliphatic hydroxyl groups is 1. The van der Waals surface area contributed by atoms with E-state index in [9.17, 15) is 5.11 Å². The normalized spacial score (nSPS) is 15.5. The van der Waals surface area contributed by atoms with E-state index in [2.05, 4.69) is 6.58 Å². The SMILES string of the molecule is C=CC(C)(O)C=Cc1ccccc1. The zero-order valence-electron chi connectivity index (χ0n) is 7.77. The van der Waals surface area contributed by atoms with Crippen LogP contribution in [-0.4, -0.2) is 10.7 Å². The molecule has 1 unspecified atom stereocenters. The van der Waals surface area contributed by atoms with E-state index in [-0.39, 0.29) is 0 Å². The van der Waals surface area contributed by atoms with Gasteiger partial charge in [0.05, 0.1) is 5.60 Å². The van der Waals surface area contributed by atoms with E-state index < -0.39 is 5.60 Å². The van der Waals surface area contributed by atoms with E-state index in [0.717, 1.165) is 5.56 Å². The second-order valence-electron chi connectivity index (χ2n) is 3.17. The molecule has 1 rings (SSSR count). The fourth-order valence-corrected chi connectivity index (χ4v) is 0.897. The lowest BCUT2D eigenvalue weighted by molar-refractivity contribution is 0.165. The molecule has 0 aliphatic rings. The summed E-state index contributed by atoms with van der Waals surface area (Å²) in [6, 6.07) is 9.85. The Bertz CT molecular complexity index is 296. The largest absolute Gasteiger partial charge is 0.382 e. The summed E-state index contributed by atoms with van der Waals surface area (Å²) >= 11 is 0. The molecule has 0 saturated heterocycles. The van der Waals surface area contributed by atoms with Gasteiger partial charge >= 0.3 is 0 Å². The van der Waals surface area contributed by atoms with Crippen molar-refractivity contribution in [2.45, 2.75) is 12.5 Å². The first-order valence-corrected chi connectivity index (χ1v) is 4.24. The zero-order chi connectivity index (χ0) is 9.73. The molecular weight excluding hydrogens is 160 g/mol. The Kier molecular flexibility index (Phi) is 3.04. The molecule has 0 heterocycles. The Morgan fingerprint density at radius 2 is 1.92 bits per heavy atom. The van der Waals surface area contributed by atoms with Crippen LogP contribution in [0.5, 0.6) is 0 Å². The number of hydrogen-bond donors (Lipinski definition) is 1. The molecule has 0 aliphatic carbocycles. The number of rotatable bonds is 3. The molecule has 0 fully saturated rings. The van der Waals surface area contributed by atoms with Gasteiger partial charge in [0.2, 0.25) is 0 Å². The van der Waals surface area contributed by atoms with Gasteiger partial charge in [-0.3, -0.25) is 0 Å². The molecule has 13 heavy (non-hydrogen) atoms. The highest BCUT2D eigenvalue weighted by molar-refractivity contribution is 5.50. The van der Waals surface area contributed by atoms with Crippen LogP contribution in [0.4, 0.5) is 0 Å². The van der Waals surface area contributed by atoms with Gasteiger partial charge in [0.25, 0.3) is 0 Å². The van der Waals surface area contributed by atoms with E-state index in [4.69, 9.17) is 0 Å². The Morgan fingerprint density at radius 3 is 2.46 bits per heavy atom. The van der Waals surface area contributed by atoms with Crippen LogP contribution < -0.4 is 0 Å². The van der Waals surface area contributed by atoms with Gasteiger partial charge in [0.1, 0.15) is 0 Å². The average Bonchev–Trinajstić information content (AvgIpc) is 2.17. The van der Waals surface area contributed by atoms with E-state index in [0.29, 0.717) is 0 Å². The summed E-state index contributed by atoms with van der Waals surface area (Å²) in [5.74, 6) is 0. The van der Waals surface area contributed by atoms with Gasteiger partial charge in [-0.15, -0.1) is 0 Å². The molecule has 0 bridgehead atoms. The quantitative estimate of drug-likeness (QED) is 0.698. The summed E-state index contributed by atoms with van der Waals surface area (Å²) < 4.78 is 0. The first kappa shape index (κ1) is 9.75. The van der Waals surface area contributed by atoms with Crippen molar-refractivity contribution in [3.05, 3.63) is 54.6 Å². The van der Waals surface area contributed by atoms with Crippen LogP contribution in [0.3, 0.4) is 0 Å². The van der Waals surface area contributed by atoms with Crippen molar-refractivity contribution >= 4 is 6.08 Å². The van der Waals surface area contributed by atoms with E-state index >= 15 is 0 Å². The van der Waals surface area contributed by atoms with Crippen LogP contribution in [0, 0.1) is 0 Å². The summed E-state index contributed by atoms with van der Waals surface area (Å²) in [5.41, 5.74) is 0.153. The lowest BCUT2D eigenvalue weighted by Crippen LogP contribution is -2.15. The van der Waals surface area contributed by atoms with E-state index in [1.165, 1.54) is 6.08 Å². The topological polar surface area (TPSA) is 20.2 Å². The second kappa shape index (κ2) is 4.06. The fraction of sp³-hybridized carbons (Fsp3) is 0.167. The molecule has 0 radical (unpaired) electrons. The fourth-order valence-electron chi connectivity index (χ4n) is 0.897. The molecule has 1 aromatic rings. The van der Waals surface area contributed by atoms with Crippen LogP contribution in [-0.2, 0) is 0 Å². The van der Waals surface area contributed by atoms with Gasteiger partial charge in [-0.05, 0) is 18.6 Å². The lowest BCUT2D eigenvalue weighted by atomic mass is 10.1. The van der Waals surface area contributed by atoms with Gasteiger partial charge in [-0.25, -0.2) is 0 Å². The average molecular weight is 174 g/mol. The number of benzene rings is 1. The molecule has 68 valence electrons. The monoisotopic (exact) mass is 174 g/mol. The van der Waals surface area contributed by atoms with Crippen molar-refractivity contribution in [1.29, 1.82) is 0 Å². The van der Waals surface area contributed by atoms with Gasteiger partial charge in [0, 0.05) is 0 Å².